The SMILES string of the molecule is C=C=C(C)C(OC(C)=O)c1ccccc1OC. The Balaban J connectivity index is 3.21. The maximum atomic E-state index is 11.1. The van der Waals surface area contributed by atoms with E-state index in [1.807, 2.05) is 31.2 Å². The second kappa shape index (κ2) is 5.92. The molecule has 0 heterocycles. The Labute approximate surface area is 101 Å². The molecule has 0 fully saturated rings. The van der Waals surface area contributed by atoms with Crippen molar-refractivity contribution in [1.29, 1.82) is 0 Å². The molecule has 1 aromatic rings. The number of hydrogen-bond acceptors (Lipinski definition) is 3. The van der Waals surface area contributed by atoms with Crippen molar-refractivity contribution in [2.45, 2.75) is 20.0 Å². The van der Waals surface area contributed by atoms with Crippen LogP contribution in [0.15, 0.2) is 42.1 Å². The Kier molecular flexibility index (Phi) is 4.56. The molecule has 1 aromatic carbocycles. The van der Waals surface area contributed by atoms with Crippen molar-refractivity contribution in [3.05, 3.63) is 47.7 Å². The van der Waals surface area contributed by atoms with Crippen LogP contribution in [0, 0.1) is 0 Å². The highest BCUT2D eigenvalue weighted by molar-refractivity contribution is 5.67. The number of para-hydroxylation sites is 1. The number of carbonyl (C=O) groups excluding carboxylic acids is 1. The summed E-state index contributed by atoms with van der Waals surface area (Å²) in [4.78, 5) is 11.1. The molecule has 0 radical (unpaired) electrons. The largest absolute Gasteiger partial charge is 0.496 e. The first-order chi connectivity index (χ1) is 8.10. The van der Waals surface area contributed by atoms with Crippen molar-refractivity contribution in [3.63, 3.8) is 0 Å². The molecular weight excluding hydrogens is 216 g/mol. The Hall–Kier alpha value is -1.99. The summed E-state index contributed by atoms with van der Waals surface area (Å²) in [5.74, 6) is 0.323. The normalized spacial score (nSPS) is 11.2. The highest BCUT2D eigenvalue weighted by atomic mass is 16.5. The van der Waals surface area contributed by atoms with Gasteiger partial charge in [-0.15, -0.1) is 5.73 Å². The van der Waals surface area contributed by atoms with Gasteiger partial charge in [-0.05, 0) is 13.0 Å². The fourth-order valence-electron chi connectivity index (χ4n) is 1.53. The lowest BCUT2D eigenvalue weighted by molar-refractivity contribution is -0.145. The van der Waals surface area contributed by atoms with E-state index < -0.39 is 6.10 Å². The van der Waals surface area contributed by atoms with Gasteiger partial charge in [-0.25, -0.2) is 0 Å². The summed E-state index contributed by atoms with van der Waals surface area (Å²) in [5, 5.41) is 0. The van der Waals surface area contributed by atoms with Crippen LogP contribution in [0.1, 0.15) is 25.5 Å². The van der Waals surface area contributed by atoms with Crippen LogP contribution < -0.4 is 4.74 Å². The third-order valence-electron chi connectivity index (χ3n) is 2.38. The lowest BCUT2D eigenvalue weighted by atomic mass is 10.0. The Bertz CT molecular complexity index is 456. The first-order valence-electron chi connectivity index (χ1n) is 5.26. The van der Waals surface area contributed by atoms with Crippen LogP contribution in [0.25, 0.3) is 0 Å². The molecule has 3 nitrogen and oxygen atoms in total. The topological polar surface area (TPSA) is 35.5 Å². The Morgan fingerprint density at radius 2 is 2.00 bits per heavy atom. The minimum absolute atomic E-state index is 0.351. The van der Waals surface area contributed by atoms with Crippen molar-refractivity contribution in [1.82, 2.24) is 0 Å². The minimum Gasteiger partial charge on any atom is -0.496 e. The molecule has 17 heavy (non-hydrogen) atoms. The summed E-state index contributed by atoms with van der Waals surface area (Å²) in [7, 11) is 1.58. The van der Waals surface area contributed by atoms with Gasteiger partial charge < -0.3 is 9.47 Å². The average molecular weight is 232 g/mol. The summed E-state index contributed by atoms with van der Waals surface area (Å²) >= 11 is 0. The number of esters is 1. The molecule has 1 atom stereocenters. The van der Waals surface area contributed by atoms with Gasteiger partial charge in [0.15, 0.2) is 6.10 Å². The summed E-state index contributed by atoms with van der Waals surface area (Å²) in [5.41, 5.74) is 4.29. The molecule has 0 N–H and O–H groups in total. The molecule has 0 amide bonds. The molecular formula is C14H16O3. The van der Waals surface area contributed by atoms with Crippen molar-refractivity contribution >= 4 is 5.97 Å². The second-order valence-electron chi connectivity index (χ2n) is 3.59. The zero-order valence-electron chi connectivity index (χ0n) is 10.3. The average Bonchev–Trinajstić information content (AvgIpc) is 2.34. The van der Waals surface area contributed by atoms with Crippen LogP contribution in [0.3, 0.4) is 0 Å². The van der Waals surface area contributed by atoms with E-state index in [-0.39, 0.29) is 5.97 Å². The minimum atomic E-state index is -0.499. The predicted molar refractivity (Wildman–Crippen MR) is 65.8 cm³/mol. The van der Waals surface area contributed by atoms with Crippen molar-refractivity contribution in [3.8, 4) is 5.75 Å². The highest BCUT2D eigenvalue weighted by Gasteiger charge is 2.20. The molecule has 0 aliphatic carbocycles. The summed E-state index contributed by atoms with van der Waals surface area (Å²) in [6.07, 6.45) is -0.499. The van der Waals surface area contributed by atoms with Gasteiger partial charge in [0.05, 0.1) is 7.11 Å². The number of hydrogen-bond donors (Lipinski definition) is 0. The van der Waals surface area contributed by atoms with E-state index in [9.17, 15) is 4.79 Å². The monoisotopic (exact) mass is 232 g/mol. The zero-order chi connectivity index (χ0) is 12.8. The van der Waals surface area contributed by atoms with Crippen LogP contribution in [0.4, 0.5) is 0 Å². The molecule has 1 unspecified atom stereocenters. The van der Waals surface area contributed by atoms with Crippen LogP contribution >= 0.6 is 0 Å². The van der Waals surface area contributed by atoms with Crippen LogP contribution in [-0.2, 0) is 9.53 Å². The molecule has 0 spiro atoms. The molecule has 0 bridgehead atoms. The van der Waals surface area contributed by atoms with E-state index in [1.165, 1.54) is 6.92 Å². The van der Waals surface area contributed by atoms with Crippen LogP contribution in [0.2, 0.25) is 0 Å². The van der Waals surface area contributed by atoms with Crippen LogP contribution in [-0.4, -0.2) is 13.1 Å². The van der Waals surface area contributed by atoms with Gasteiger partial charge in [-0.3, -0.25) is 4.79 Å². The third kappa shape index (κ3) is 3.23. The van der Waals surface area contributed by atoms with E-state index in [2.05, 4.69) is 12.3 Å². The predicted octanol–water partition coefficient (Wildman–Crippen LogP) is 3.03. The van der Waals surface area contributed by atoms with Gasteiger partial charge in [0, 0.05) is 18.1 Å². The number of benzene rings is 1. The highest BCUT2D eigenvalue weighted by Crippen LogP contribution is 2.32. The lowest BCUT2D eigenvalue weighted by Crippen LogP contribution is -2.10. The van der Waals surface area contributed by atoms with Gasteiger partial charge in [-0.1, -0.05) is 24.8 Å². The van der Waals surface area contributed by atoms with Gasteiger partial charge in [0.25, 0.3) is 0 Å². The van der Waals surface area contributed by atoms with Crippen LogP contribution in [0.5, 0.6) is 5.75 Å². The fraction of sp³-hybridized carbons (Fsp3) is 0.286. The first-order valence-corrected chi connectivity index (χ1v) is 5.26. The van der Waals surface area contributed by atoms with E-state index in [0.29, 0.717) is 5.75 Å². The van der Waals surface area contributed by atoms with E-state index >= 15 is 0 Å². The third-order valence-corrected chi connectivity index (χ3v) is 2.38. The van der Waals surface area contributed by atoms with Crippen molar-refractivity contribution < 1.29 is 14.3 Å². The number of rotatable bonds is 4. The maximum absolute atomic E-state index is 11.1. The van der Waals surface area contributed by atoms with E-state index in [0.717, 1.165) is 11.1 Å². The quantitative estimate of drug-likeness (QED) is 0.591. The van der Waals surface area contributed by atoms with Gasteiger partial charge in [0.1, 0.15) is 5.75 Å². The molecule has 0 aromatic heterocycles. The molecule has 1 rings (SSSR count). The first kappa shape index (κ1) is 13.1. The molecule has 0 aliphatic heterocycles. The van der Waals surface area contributed by atoms with Crippen molar-refractivity contribution in [2.75, 3.05) is 7.11 Å². The zero-order valence-corrected chi connectivity index (χ0v) is 10.3. The van der Waals surface area contributed by atoms with Gasteiger partial charge >= 0.3 is 5.97 Å². The van der Waals surface area contributed by atoms with Crippen molar-refractivity contribution in [2.24, 2.45) is 0 Å². The number of carbonyl (C=O) groups is 1. The van der Waals surface area contributed by atoms with E-state index in [4.69, 9.17) is 9.47 Å². The number of ether oxygens (including phenoxy) is 2. The van der Waals surface area contributed by atoms with Gasteiger partial charge in [0.2, 0.25) is 0 Å². The van der Waals surface area contributed by atoms with Gasteiger partial charge in [-0.2, -0.15) is 0 Å². The van der Waals surface area contributed by atoms with E-state index in [1.54, 1.807) is 7.11 Å². The second-order valence-corrected chi connectivity index (χ2v) is 3.59. The lowest BCUT2D eigenvalue weighted by Gasteiger charge is -2.19. The maximum Gasteiger partial charge on any atom is 0.303 e. The molecule has 0 aliphatic rings. The summed E-state index contributed by atoms with van der Waals surface area (Å²) < 4.78 is 10.5. The standard InChI is InChI=1S/C14H16O3/c1-5-10(2)14(17-11(3)15)12-8-6-7-9-13(12)16-4/h6-9,14H,1H2,2-4H3. The summed E-state index contributed by atoms with van der Waals surface area (Å²) in [6, 6.07) is 7.40. The molecule has 3 heteroatoms. The smallest absolute Gasteiger partial charge is 0.303 e. The molecule has 0 saturated carbocycles. The molecule has 90 valence electrons. The fourth-order valence-corrected chi connectivity index (χ4v) is 1.53. The summed E-state index contributed by atoms with van der Waals surface area (Å²) in [6.45, 7) is 6.76. The Morgan fingerprint density at radius 3 is 2.53 bits per heavy atom. The molecule has 0 saturated heterocycles. The number of methoxy groups -OCH3 is 1. The Morgan fingerprint density at radius 1 is 1.35 bits per heavy atom.